The summed E-state index contributed by atoms with van der Waals surface area (Å²) in [5.74, 6) is 2.10. The average Bonchev–Trinajstić information content (AvgIpc) is 2.47. The van der Waals surface area contributed by atoms with Crippen molar-refractivity contribution in [2.75, 3.05) is 13.2 Å². The van der Waals surface area contributed by atoms with Gasteiger partial charge in [0.05, 0.1) is 19.3 Å². The number of rotatable bonds is 9. The molecule has 22 heavy (non-hydrogen) atoms. The summed E-state index contributed by atoms with van der Waals surface area (Å²) in [6.45, 7) is 11.3. The van der Waals surface area contributed by atoms with Gasteiger partial charge in [0.1, 0.15) is 0 Å². The van der Waals surface area contributed by atoms with Crippen molar-refractivity contribution in [3.05, 3.63) is 23.8 Å². The van der Waals surface area contributed by atoms with E-state index in [0.29, 0.717) is 25.6 Å². The number of hydrogen-bond donors (Lipinski definition) is 1. The summed E-state index contributed by atoms with van der Waals surface area (Å²) in [7, 11) is 0. The van der Waals surface area contributed by atoms with Gasteiger partial charge in [0.2, 0.25) is 5.91 Å². The Morgan fingerprint density at radius 3 is 2.32 bits per heavy atom. The van der Waals surface area contributed by atoms with Crippen LogP contribution in [0.4, 0.5) is 0 Å². The first-order chi connectivity index (χ1) is 10.5. The van der Waals surface area contributed by atoms with Crippen LogP contribution in [0.3, 0.4) is 0 Å². The fraction of sp³-hybridized carbons (Fsp3) is 0.611. The number of amides is 1. The lowest BCUT2D eigenvalue weighted by molar-refractivity contribution is -0.122. The number of benzene rings is 1. The highest BCUT2D eigenvalue weighted by Crippen LogP contribution is 2.30. The molecule has 1 unspecified atom stereocenters. The van der Waals surface area contributed by atoms with Gasteiger partial charge in [-0.2, -0.15) is 0 Å². The lowest BCUT2D eigenvalue weighted by Crippen LogP contribution is -2.26. The molecule has 4 nitrogen and oxygen atoms in total. The molecule has 1 amide bonds. The molecule has 0 spiro atoms. The maximum atomic E-state index is 11.9. The molecule has 124 valence electrons. The van der Waals surface area contributed by atoms with Gasteiger partial charge in [-0.15, -0.1) is 0 Å². The highest BCUT2D eigenvalue weighted by Gasteiger charge is 2.13. The molecule has 0 aliphatic carbocycles. The summed E-state index contributed by atoms with van der Waals surface area (Å²) in [5, 5.41) is 3.04. The average molecular weight is 307 g/mol. The van der Waals surface area contributed by atoms with E-state index in [-0.39, 0.29) is 11.9 Å². The van der Waals surface area contributed by atoms with E-state index in [4.69, 9.17) is 9.47 Å². The predicted octanol–water partition coefficient (Wildman–Crippen LogP) is 4.10. The zero-order chi connectivity index (χ0) is 16.5. The van der Waals surface area contributed by atoms with E-state index in [1.807, 2.05) is 39.0 Å². The summed E-state index contributed by atoms with van der Waals surface area (Å²) in [6, 6.07) is 5.78. The van der Waals surface area contributed by atoms with Crippen LogP contribution < -0.4 is 14.8 Å². The Hall–Kier alpha value is -1.71. The number of carbonyl (C=O) groups is 1. The number of carbonyl (C=O) groups excluding carboxylic acids is 1. The highest BCUT2D eigenvalue weighted by atomic mass is 16.5. The van der Waals surface area contributed by atoms with Crippen LogP contribution in [-0.4, -0.2) is 19.1 Å². The molecular formula is C18H29NO3. The van der Waals surface area contributed by atoms with Crippen molar-refractivity contribution in [3.63, 3.8) is 0 Å². The standard InChI is InChI=1S/C18H29NO3/c1-6-21-16-10-9-15(12-17(16)22-7-2)14(5)19-18(20)11-8-13(3)4/h9-10,12-14H,6-8,11H2,1-5H3,(H,19,20). The van der Waals surface area contributed by atoms with Crippen molar-refractivity contribution in [2.45, 2.75) is 53.5 Å². The smallest absolute Gasteiger partial charge is 0.220 e. The van der Waals surface area contributed by atoms with E-state index < -0.39 is 0 Å². The van der Waals surface area contributed by atoms with E-state index in [2.05, 4.69) is 19.2 Å². The van der Waals surface area contributed by atoms with Gasteiger partial charge >= 0.3 is 0 Å². The summed E-state index contributed by atoms with van der Waals surface area (Å²) in [6.07, 6.45) is 1.48. The molecule has 1 aromatic rings. The maximum Gasteiger partial charge on any atom is 0.220 e. The zero-order valence-corrected chi connectivity index (χ0v) is 14.4. The second kappa shape index (κ2) is 9.34. The van der Waals surface area contributed by atoms with Gasteiger partial charge in [-0.1, -0.05) is 19.9 Å². The van der Waals surface area contributed by atoms with Gasteiger partial charge in [-0.3, -0.25) is 4.79 Å². The topological polar surface area (TPSA) is 47.6 Å². The van der Waals surface area contributed by atoms with Crippen molar-refractivity contribution < 1.29 is 14.3 Å². The van der Waals surface area contributed by atoms with Gasteiger partial charge in [-0.25, -0.2) is 0 Å². The zero-order valence-electron chi connectivity index (χ0n) is 14.4. The minimum atomic E-state index is -0.0467. The van der Waals surface area contributed by atoms with E-state index >= 15 is 0 Å². The first-order valence-corrected chi connectivity index (χ1v) is 8.16. The Kier molecular flexibility index (Phi) is 7.78. The third-order valence-electron chi connectivity index (χ3n) is 3.39. The molecule has 1 atom stereocenters. The van der Waals surface area contributed by atoms with Crippen LogP contribution in [0.25, 0.3) is 0 Å². The number of nitrogens with one attached hydrogen (secondary N) is 1. The van der Waals surface area contributed by atoms with Crippen molar-refractivity contribution in [3.8, 4) is 11.5 Å². The second-order valence-corrected chi connectivity index (χ2v) is 5.79. The summed E-state index contributed by atoms with van der Waals surface area (Å²) in [4.78, 5) is 11.9. The lowest BCUT2D eigenvalue weighted by atomic mass is 10.1. The van der Waals surface area contributed by atoms with Crippen LogP contribution in [0.1, 0.15) is 59.1 Å². The van der Waals surface area contributed by atoms with Crippen molar-refractivity contribution in [1.29, 1.82) is 0 Å². The SMILES string of the molecule is CCOc1ccc(C(C)NC(=O)CCC(C)C)cc1OCC. The first kappa shape index (κ1) is 18.3. The fourth-order valence-electron chi connectivity index (χ4n) is 2.15. The Bertz CT molecular complexity index is 471. The summed E-state index contributed by atoms with van der Waals surface area (Å²) >= 11 is 0. The van der Waals surface area contributed by atoms with Crippen molar-refractivity contribution in [2.24, 2.45) is 5.92 Å². The van der Waals surface area contributed by atoms with Crippen LogP contribution in [0.15, 0.2) is 18.2 Å². The Morgan fingerprint density at radius 2 is 1.73 bits per heavy atom. The quantitative estimate of drug-likeness (QED) is 0.747. The van der Waals surface area contributed by atoms with Crippen molar-refractivity contribution in [1.82, 2.24) is 5.32 Å². The molecule has 0 aromatic heterocycles. The molecular weight excluding hydrogens is 278 g/mol. The third-order valence-corrected chi connectivity index (χ3v) is 3.39. The maximum absolute atomic E-state index is 11.9. The molecule has 0 radical (unpaired) electrons. The van der Waals surface area contributed by atoms with Crippen LogP contribution in [0.2, 0.25) is 0 Å². The van der Waals surface area contributed by atoms with Gasteiger partial charge in [0.15, 0.2) is 11.5 Å². The van der Waals surface area contributed by atoms with Crippen LogP contribution in [0.5, 0.6) is 11.5 Å². The van der Waals surface area contributed by atoms with E-state index in [0.717, 1.165) is 23.5 Å². The Morgan fingerprint density at radius 1 is 1.09 bits per heavy atom. The van der Waals surface area contributed by atoms with Crippen LogP contribution in [-0.2, 0) is 4.79 Å². The lowest BCUT2D eigenvalue weighted by Gasteiger charge is -2.18. The fourth-order valence-corrected chi connectivity index (χ4v) is 2.15. The summed E-state index contributed by atoms with van der Waals surface area (Å²) in [5.41, 5.74) is 1.02. The third kappa shape index (κ3) is 5.96. The minimum Gasteiger partial charge on any atom is -0.490 e. The monoisotopic (exact) mass is 307 g/mol. The van der Waals surface area contributed by atoms with E-state index in [1.54, 1.807) is 0 Å². The molecule has 0 aliphatic rings. The summed E-state index contributed by atoms with van der Waals surface area (Å²) < 4.78 is 11.2. The molecule has 4 heteroatoms. The van der Waals surface area contributed by atoms with Gasteiger partial charge in [-0.05, 0) is 50.8 Å². The number of ether oxygens (including phenoxy) is 2. The normalized spacial score (nSPS) is 12.1. The van der Waals surface area contributed by atoms with Crippen LogP contribution >= 0.6 is 0 Å². The Labute approximate surface area is 134 Å². The molecule has 0 bridgehead atoms. The second-order valence-electron chi connectivity index (χ2n) is 5.79. The molecule has 1 N–H and O–H groups in total. The first-order valence-electron chi connectivity index (χ1n) is 8.16. The number of hydrogen-bond acceptors (Lipinski definition) is 3. The minimum absolute atomic E-state index is 0.0467. The highest BCUT2D eigenvalue weighted by molar-refractivity contribution is 5.76. The van der Waals surface area contributed by atoms with E-state index in [1.165, 1.54) is 0 Å². The van der Waals surface area contributed by atoms with Gasteiger partial charge in [0, 0.05) is 6.42 Å². The Balaban J connectivity index is 2.74. The molecule has 1 aromatic carbocycles. The molecule has 0 saturated heterocycles. The van der Waals surface area contributed by atoms with E-state index in [9.17, 15) is 4.79 Å². The molecule has 0 saturated carbocycles. The molecule has 0 aliphatic heterocycles. The largest absolute Gasteiger partial charge is 0.490 e. The van der Waals surface area contributed by atoms with Gasteiger partial charge in [0.25, 0.3) is 0 Å². The van der Waals surface area contributed by atoms with Crippen molar-refractivity contribution >= 4 is 5.91 Å². The van der Waals surface area contributed by atoms with Gasteiger partial charge < -0.3 is 14.8 Å². The molecule has 0 fully saturated rings. The molecule has 0 heterocycles. The predicted molar refractivity (Wildman–Crippen MR) is 89.4 cm³/mol. The van der Waals surface area contributed by atoms with Crippen LogP contribution in [0, 0.1) is 5.92 Å². The molecule has 1 rings (SSSR count).